The lowest BCUT2D eigenvalue weighted by molar-refractivity contribution is -0.160. The van der Waals surface area contributed by atoms with Crippen molar-refractivity contribution in [1.82, 2.24) is 0 Å². The highest BCUT2D eigenvalue weighted by molar-refractivity contribution is 5.82. The first-order valence-electron chi connectivity index (χ1n) is 6.68. The molecule has 1 saturated carbocycles. The monoisotopic (exact) mass is 270 g/mol. The molecule has 1 aliphatic carbocycles. The van der Waals surface area contributed by atoms with Gasteiger partial charge in [-0.15, -0.1) is 0 Å². The second-order valence-electron chi connectivity index (χ2n) is 4.56. The number of allylic oxidation sites excluding steroid dienone is 1. The first-order valence-corrected chi connectivity index (χ1v) is 6.68. The zero-order valence-electron chi connectivity index (χ0n) is 11.6. The van der Waals surface area contributed by atoms with Crippen LogP contribution in [-0.2, 0) is 23.8 Å². The Balaban J connectivity index is 2.56. The van der Waals surface area contributed by atoms with Crippen LogP contribution in [0.2, 0.25) is 0 Å². The van der Waals surface area contributed by atoms with Crippen LogP contribution < -0.4 is 0 Å². The fourth-order valence-electron chi connectivity index (χ4n) is 2.25. The molecular formula is C14H22O5. The van der Waals surface area contributed by atoms with Gasteiger partial charge in [0.2, 0.25) is 0 Å². The lowest BCUT2D eigenvalue weighted by Crippen LogP contribution is -2.34. The molecule has 0 amide bonds. The van der Waals surface area contributed by atoms with Gasteiger partial charge in [0.05, 0.1) is 24.7 Å². The molecule has 0 aromatic rings. The normalized spacial score (nSPS) is 23.3. The summed E-state index contributed by atoms with van der Waals surface area (Å²) in [6.07, 6.45) is 6.24. The standard InChI is InChI=1S/C14H22O5/c1-3-8-18-13(15)11-6-4-5-7-12(11)14(16)19-10-9-17-2/h3,8,11-12H,4-7,9-10H2,1-2H3. The highest BCUT2D eigenvalue weighted by Crippen LogP contribution is 2.32. The number of esters is 2. The van der Waals surface area contributed by atoms with Crippen LogP contribution in [0.5, 0.6) is 0 Å². The summed E-state index contributed by atoms with van der Waals surface area (Å²) < 4.78 is 14.9. The Hall–Kier alpha value is -1.36. The Morgan fingerprint density at radius 3 is 2.32 bits per heavy atom. The quantitative estimate of drug-likeness (QED) is 0.420. The Morgan fingerprint density at radius 2 is 1.74 bits per heavy atom. The molecule has 1 aliphatic rings. The summed E-state index contributed by atoms with van der Waals surface area (Å²) in [5.41, 5.74) is 0. The van der Waals surface area contributed by atoms with Gasteiger partial charge < -0.3 is 14.2 Å². The summed E-state index contributed by atoms with van der Waals surface area (Å²) in [5, 5.41) is 0. The molecule has 1 rings (SSSR count). The molecule has 1 fully saturated rings. The van der Waals surface area contributed by atoms with Crippen LogP contribution in [0.4, 0.5) is 0 Å². The molecule has 0 aliphatic heterocycles. The first-order chi connectivity index (χ1) is 9.20. The van der Waals surface area contributed by atoms with Crippen molar-refractivity contribution in [3.05, 3.63) is 12.3 Å². The first kappa shape index (κ1) is 15.7. The number of hydrogen-bond acceptors (Lipinski definition) is 5. The van der Waals surface area contributed by atoms with Crippen LogP contribution in [0, 0.1) is 11.8 Å². The van der Waals surface area contributed by atoms with Gasteiger partial charge in [-0.3, -0.25) is 9.59 Å². The number of rotatable bonds is 6. The zero-order valence-corrected chi connectivity index (χ0v) is 11.6. The van der Waals surface area contributed by atoms with Crippen LogP contribution in [0.15, 0.2) is 12.3 Å². The number of methoxy groups -OCH3 is 1. The van der Waals surface area contributed by atoms with Crippen molar-refractivity contribution in [2.45, 2.75) is 32.6 Å². The summed E-state index contributed by atoms with van der Waals surface area (Å²) in [7, 11) is 1.55. The molecule has 0 spiro atoms. The highest BCUT2D eigenvalue weighted by atomic mass is 16.6. The molecule has 2 unspecified atom stereocenters. The van der Waals surface area contributed by atoms with E-state index in [1.54, 1.807) is 20.1 Å². The average Bonchev–Trinajstić information content (AvgIpc) is 2.45. The number of hydrogen-bond donors (Lipinski definition) is 0. The van der Waals surface area contributed by atoms with Crippen molar-refractivity contribution in [3.63, 3.8) is 0 Å². The minimum absolute atomic E-state index is 0.225. The predicted octanol–water partition coefficient (Wildman–Crippen LogP) is 2.06. The van der Waals surface area contributed by atoms with E-state index in [0.717, 1.165) is 12.8 Å². The number of carbonyl (C=O) groups excluding carboxylic acids is 2. The Kier molecular flexibility index (Phi) is 7.18. The maximum atomic E-state index is 12.0. The summed E-state index contributed by atoms with van der Waals surface area (Å²) >= 11 is 0. The fourth-order valence-corrected chi connectivity index (χ4v) is 2.25. The summed E-state index contributed by atoms with van der Waals surface area (Å²) in [5.74, 6) is -1.44. The van der Waals surface area contributed by atoms with Crippen LogP contribution in [-0.4, -0.2) is 32.3 Å². The van der Waals surface area contributed by atoms with Gasteiger partial charge in [-0.2, -0.15) is 0 Å². The van der Waals surface area contributed by atoms with Crippen molar-refractivity contribution in [1.29, 1.82) is 0 Å². The molecule has 5 heteroatoms. The maximum absolute atomic E-state index is 12.0. The van der Waals surface area contributed by atoms with Gasteiger partial charge in [0.25, 0.3) is 0 Å². The van der Waals surface area contributed by atoms with Gasteiger partial charge >= 0.3 is 11.9 Å². The van der Waals surface area contributed by atoms with E-state index < -0.39 is 0 Å². The minimum Gasteiger partial charge on any atom is -0.463 e. The molecule has 0 radical (unpaired) electrons. The lowest BCUT2D eigenvalue weighted by atomic mass is 9.79. The molecule has 2 atom stereocenters. The van der Waals surface area contributed by atoms with Crippen molar-refractivity contribution >= 4 is 11.9 Å². The van der Waals surface area contributed by atoms with Gasteiger partial charge in [-0.25, -0.2) is 0 Å². The largest absolute Gasteiger partial charge is 0.463 e. The highest BCUT2D eigenvalue weighted by Gasteiger charge is 2.37. The Bertz CT molecular complexity index is 324. The topological polar surface area (TPSA) is 61.8 Å². The van der Waals surface area contributed by atoms with Crippen molar-refractivity contribution in [2.24, 2.45) is 11.8 Å². The molecule has 0 heterocycles. The van der Waals surface area contributed by atoms with Crippen molar-refractivity contribution < 1.29 is 23.8 Å². The molecule has 0 saturated heterocycles. The van der Waals surface area contributed by atoms with E-state index in [4.69, 9.17) is 14.2 Å². The van der Waals surface area contributed by atoms with Crippen LogP contribution >= 0.6 is 0 Å². The predicted molar refractivity (Wildman–Crippen MR) is 69.2 cm³/mol. The van der Waals surface area contributed by atoms with E-state index in [2.05, 4.69) is 0 Å². The minimum atomic E-state index is -0.389. The molecule has 0 bridgehead atoms. The summed E-state index contributed by atoms with van der Waals surface area (Å²) in [6.45, 7) is 2.36. The lowest BCUT2D eigenvalue weighted by Gasteiger charge is -2.27. The smallest absolute Gasteiger partial charge is 0.314 e. The third-order valence-corrected chi connectivity index (χ3v) is 3.22. The molecular weight excluding hydrogens is 248 g/mol. The van der Waals surface area contributed by atoms with Gasteiger partial charge in [-0.05, 0) is 19.8 Å². The van der Waals surface area contributed by atoms with Gasteiger partial charge in [0.1, 0.15) is 6.61 Å². The van der Waals surface area contributed by atoms with E-state index in [9.17, 15) is 9.59 Å². The molecule has 5 nitrogen and oxygen atoms in total. The van der Waals surface area contributed by atoms with E-state index >= 15 is 0 Å². The number of ether oxygens (including phenoxy) is 3. The second-order valence-corrected chi connectivity index (χ2v) is 4.56. The average molecular weight is 270 g/mol. The molecule has 108 valence electrons. The van der Waals surface area contributed by atoms with Gasteiger partial charge in [0, 0.05) is 7.11 Å². The van der Waals surface area contributed by atoms with Crippen molar-refractivity contribution in [3.8, 4) is 0 Å². The van der Waals surface area contributed by atoms with E-state index in [-0.39, 0.29) is 30.4 Å². The SMILES string of the molecule is CC=COC(=O)C1CCCCC1C(=O)OCCOC. The summed E-state index contributed by atoms with van der Waals surface area (Å²) in [4.78, 5) is 23.9. The summed E-state index contributed by atoms with van der Waals surface area (Å²) in [6, 6.07) is 0. The van der Waals surface area contributed by atoms with Gasteiger partial charge in [0.15, 0.2) is 0 Å². The van der Waals surface area contributed by atoms with Gasteiger partial charge in [-0.1, -0.05) is 18.9 Å². The van der Waals surface area contributed by atoms with Crippen LogP contribution in [0.3, 0.4) is 0 Å². The second kappa shape index (κ2) is 8.69. The molecule has 0 aromatic heterocycles. The van der Waals surface area contributed by atoms with Crippen molar-refractivity contribution in [2.75, 3.05) is 20.3 Å². The van der Waals surface area contributed by atoms with E-state index in [0.29, 0.717) is 19.4 Å². The van der Waals surface area contributed by atoms with Crippen LogP contribution in [0.1, 0.15) is 32.6 Å². The molecule has 0 N–H and O–H groups in total. The van der Waals surface area contributed by atoms with Crippen LogP contribution in [0.25, 0.3) is 0 Å². The zero-order chi connectivity index (χ0) is 14.1. The fraction of sp³-hybridized carbons (Fsp3) is 0.714. The molecule has 0 aromatic carbocycles. The Labute approximate surface area is 113 Å². The Morgan fingerprint density at radius 1 is 1.11 bits per heavy atom. The molecule has 19 heavy (non-hydrogen) atoms. The third-order valence-electron chi connectivity index (χ3n) is 3.22. The number of carbonyl (C=O) groups is 2. The van der Waals surface area contributed by atoms with E-state index in [1.807, 2.05) is 0 Å². The third kappa shape index (κ3) is 5.03. The van der Waals surface area contributed by atoms with E-state index in [1.165, 1.54) is 6.26 Å². The maximum Gasteiger partial charge on any atom is 0.314 e.